The van der Waals surface area contributed by atoms with E-state index >= 15 is 0 Å². The van der Waals surface area contributed by atoms with Crippen molar-refractivity contribution in [1.82, 2.24) is 0 Å². The first kappa shape index (κ1) is 15.0. The molecule has 0 heterocycles. The summed E-state index contributed by atoms with van der Waals surface area (Å²) < 4.78 is 10.8. The van der Waals surface area contributed by atoms with Gasteiger partial charge in [0.05, 0.1) is 19.3 Å². The Hall–Kier alpha value is -2.06. The summed E-state index contributed by atoms with van der Waals surface area (Å²) in [7, 11) is 1.57. The van der Waals surface area contributed by atoms with Crippen LogP contribution in [0.3, 0.4) is 0 Å². The maximum Gasteiger partial charge on any atom is 0.161 e. The lowest BCUT2D eigenvalue weighted by Crippen LogP contribution is -2.09. The fourth-order valence-corrected chi connectivity index (χ4v) is 1.53. The summed E-state index contributed by atoms with van der Waals surface area (Å²) in [4.78, 5) is 0.0766. The molecule has 19 heavy (non-hydrogen) atoms. The van der Waals surface area contributed by atoms with E-state index in [1.807, 2.05) is 19.1 Å². The number of nitriles is 1. The zero-order valence-corrected chi connectivity index (χ0v) is 11.8. The molecule has 0 fully saturated rings. The molecule has 0 saturated carbocycles. The fraction of sp³-hybridized carbons (Fsp3) is 0.286. The fourth-order valence-electron chi connectivity index (χ4n) is 1.43. The van der Waals surface area contributed by atoms with E-state index in [2.05, 4.69) is 0 Å². The van der Waals surface area contributed by atoms with Crippen LogP contribution in [0.5, 0.6) is 11.5 Å². The summed E-state index contributed by atoms with van der Waals surface area (Å²) in [5.41, 5.74) is 6.49. The molecule has 5 heteroatoms. The molecule has 0 spiro atoms. The van der Waals surface area contributed by atoms with Crippen LogP contribution in [0.4, 0.5) is 0 Å². The van der Waals surface area contributed by atoms with Gasteiger partial charge in [-0.3, -0.25) is 0 Å². The average Bonchev–Trinajstić information content (AvgIpc) is 2.42. The van der Waals surface area contributed by atoms with Crippen molar-refractivity contribution >= 4 is 23.3 Å². The predicted molar refractivity (Wildman–Crippen MR) is 79.2 cm³/mol. The summed E-state index contributed by atoms with van der Waals surface area (Å²) in [6.45, 7) is 2.66. The highest BCUT2D eigenvalue weighted by Gasteiger charge is 2.06. The van der Waals surface area contributed by atoms with Gasteiger partial charge in [0.25, 0.3) is 0 Å². The van der Waals surface area contributed by atoms with Gasteiger partial charge in [-0.25, -0.2) is 0 Å². The lowest BCUT2D eigenvalue weighted by Gasteiger charge is -2.10. The summed E-state index contributed by atoms with van der Waals surface area (Å²) in [6.07, 6.45) is 2.54. The molecule has 2 N–H and O–H groups in total. The molecule has 0 aliphatic heterocycles. The van der Waals surface area contributed by atoms with Gasteiger partial charge in [-0.2, -0.15) is 5.26 Å². The zero-order chi connectivity index (χ0) is 14.3. The molecule has 1 aromatic carbocycles. The molecule has 4 nitrogen and oxygen atoms in total. The molecule has 0 saturated heterocycles. The van der Waals surface area contributed by atoms with Gasteiger partial charge in [0.15, 0.2) is 11.5 Å². The lowest BCUT2D eigenvalue weighted by molar-refractivity contribution is 0.294. The molecule has 0 atom stereocenters. The summed E-state index contributed by atoms with van der Waals surface area (Å²) in [5, 5.41) is 8.91. The van der Waals surface area contributed by atoms with Gasteiger partial charge < -0.3 is 15.2 Å². The normalized spacial score (nSPS) is 10.7. The number of ether oxygens (including phenoxy) is 2. The number of thiocarbonyl (C=S) groups is 1. The van der Waals surface area contributed by atoms with E-state index in [0.29, 0.717) is 18.1 Å². The van der Waals surface area contributed by atoms with Crippen LogP contribution >= 0.6 is 12.2 Å². The van der Waals surface area contributed by atoms with Crippen molar-refractivity contribution in [3.05, 3.63) is 29.3 Å². The Kier molecular flexibility index (Phi) is 5.83. The van der Waals surface area contributed by atoms with E-state index in [4.69, 9.17) is 32.7 Å². The van der Waals surface area contributed by atoms with Gasteiger partial charge in [0.1, 0.15) is 11.1 Å². The molecular formula is C14H16N2O2S. The Bertz CT molecular complexity index is 533. The van der Waals surface area contributed by atoms with Crippen molar-refractivity contribution in [3.8, 4) is 17.6 Å². The predicted octanol–water partition coefficient (Wildman–Crippen LogP) is 2.68. The molecule has 0 radical (unpaired) electrons. The number of rotatable bonds is 6. The molecule has 0 aliphatic rings. The van der Waals surface area contributed by atoms with Gasteiger partial charge in [-0.05, 0) is 30.2 Å². The summed E-state index contributed by atoms with van der Waals surface area (Å²) in [6, 6.07) is 7.36. The second-order valence-electron chi connectivity index (χ2n) is 3.79. The number of hydrogen-bond donors (Lipinski definition) is 1. The van der Waals surface area contributed by atoms with Crippen molar-refractivity contribution < 1.29 is 9.47 Å². The lowest BCUT2D eigenvalue weighted by atomic mass is 10.1. The van der Waals surface area contributed by atoms with Crippen LogP contribution in [0.25, 0.3) is 6.08 Å². The Morgan fingerprint density at radius 2 is 2.21 bits per heavy atom. The number of nitrogens with two attached hydrogens (primary N) is 1. The molecule has 0 aromatic heterocycles. The number of nitrogens with zero attached hydrogens (tertiary/aromatic N) is 1. The van der Waals surface area contributed by atoms with Crippen molar-refractivity contribution in [2.75, 3.05) is 13.7 Å². The van der Waals surface area contributed by atoms with Gasteiger partial charge in [-0.1, -0.05) is 25.2 Å². The van der Waals surface area contributed by atoms with Crippen molar-refractivity contribution in [3.63, 3.8) is 0 Å². The number of methoxy groups -OCH3 is 1. The third-order valence-corrected chi connectivity index (χ3v) is 2.57. The Balaban J connectivity index is 3.06. The van der Waals surface area contributed by atoms with Crippen LogP contribution in [0.1, 0.15) is 18.9 Å². The van der Waals surface area contributed by atoms with Crippen molar-refractivity contribution in [2.45, 2.75) is 13.3 Å². The SMILES string of the molecule is CCCOc1ccc(C=C(C#N)C(N)=S)cc1OC. The molecule has 0 unspecified atom stereocenters. The molecule has 100 valence electrons. The van der Waals surface area contributed by atoms with Crippen molar-refractivity contribution in [1.29, 1.82) is 5.26 Å². The quantitative estimate of drug-likeness (QED) is 0.491. The maximum atomic E-state index is 8.91. The number of benzene rings is 1. The average molecular weight is 276 g/mol. The molecule has 0 bridgehead atoms. The van der Waals surface area contributed by atoms with Gasteiger partial charge >= 0.3 is 0 Å². The van der Waals surface area contributed by atoms with E-state index < -0.39 is 0 Å². The van der Waals surface area contributed by atoms with E-state index in [9.17, 15) is 0 Å². The smallest absolute Gasteiger partial charge is 0.161 e. The summed E-state index contributed by atoms with van der Waals surface area (Å²) in [5.74, 6) is 1.29. The second kappa shape index (κ2) is 7.39. The first-order valence-electron chi connectivity index (χ1n) is 5.84. The highest BCUT2D eigenvalue weighted by molar-refractivity contribution is 7.80. The highest BCUT2D eigenvalue weighted by Crippen LogP contribution is 2.29. The van der Waals surface area contributed by atoms with Crippen molar-refractivity contribution in [2.24, 2.45) is 5.73 Å². The van der Waals surface area contributed by atoms with E-state index in [1.165, 1.54) is 0 Å². The molecule has 0 amide bonds. The van der Waals surface area contributed by atoms with Crippen LogP contribution in [-0.4, -0.2) is 18.7 Å². The Morgan fingerprint density at radius 3 is 2.74 bits per heavy atom. The van der Waals surface area contributed by atoms with Crippen LogP contribution in [0, 0.1) is 11.3 Å². The first-order chi connectivity index (χ1) is 9.12. The molecule has 0 aliphatic carbocycles. The van der Waals surface area contributed by atoms with Crippen LogP contribution < -0.4 is 15.2 Å². The van der Waals surface area contributed by atoms with Gasteiger partial charge in [-0.15, -0.1) is 0 Å². The standard InChI is InChI=1S/C14H16N2O2S/c1-3-6-18-12-5-4-10(8-13(12)17-2)7-11(9-15)14(16)19/h4-5,7-8H,3,6H2,1-2H3,(H2,16,19). The van der Waals surface area contributed by atoms with E-state index in [-0.39, 0.29) is 10.6 Å². The van der Waals surface area contributed by atoms with Gasteiger partial charge in [0.2, 0.25) is 0 Å². The topological polar surface area (TPSA) is 68.3 Å². The van der Waals surface area contributed by atoms with Crippen LogP contribution in [0.15, 0.2) is 23.8 Å². The minimum atomic E-state index is 0.0766. The third kappa shape index (κ3) is 4.27. The monoisotopic (exact) mass is 276 g/mol. The summed E-state index contributed by atoms with van der Waals surface area (Å²) >= 11 is 4.79. The second-order valence-corrected chi connectivity index (χ2v) is 4.23. The molecule has 1 rings (SSSR count). The maximum absolute atomic E-state index is 8.91. The Morgan fingerprint density at radius 1 is 1.47 bits per heavy atom. The van der Waals surface area contributed by atoms with Crippen LogP contribution in [0.2, 0.25) is 0 Å². The highest BCUT2D eigenvalue weighted by atomic mass is 32.1. The number of hydrogen-bond acceptors (Lipinski definition) is 4. The molecule has 1 aromatic rings. The first-order valence-corrected chi connectivity index (χ1v) is 6.25. The Labute approximate surface area is 118 Å². The zero-order valence-electron chi connectivity index (χ0n) is 11.0. The van der Waals surface area contributed by atoms with E-state index in [1.54, 1.807) is 25.3 Å². The third-order valence-electron chi connectivity index (χ3n) is 2.35. The van der Waals surface area contributed by atoms with Crippen LogP contribution in [-0.2, 0) is 0 Å². The van der Waals surface area contributed by atoms with Gasteiger partial charge in [0, 0.05) is 0 Å². The minimum Gasteiger partial charge on any atom is -0.493 e. The largest absolute Gasteiger partial charge is 0.493 e. The minimum absolute atomic E-state index is 0.0766. The molecular weight excluding hydrogens is 260 g/mol. The van der Waals surface area contributed by atoms with E-state index in [0.717, 1.165) is 12.0 Å².